The number of anilines is 1. The van der Waals surface area contributed by atoms with E-state index in [-0.39, 0.29) is 12.5 Å². The molecule has 4 nitrogen and oxygen atoms in total. The van der Waals surface area contributed by atoms with Crippen molar-refractivity contribution < 1.29 is 18.7 Å². The van der Waals surface area contributed by atoms with Crippen molar-refractivity contribution >= 4 is 39.1 Å². The quantitative estimate of drug-likeness (QED) is 0.832. The van der Waals surface area contributed by atoms with Crippen LogP contribution in [0, 0.1) is 5.82 Å². The molecule has 0 spiro atoms. The Morgan fingerprint density at radius 2 is 2.00 bits per heavy atom. The minimum atomic E-state index is -0.392. The first-order chi connectivity index (χ1) is 10.5. The molecule has 0 aliphatic rings. The molecular weight excluding hydrogens is 377 g/mol. The number of carbonyl (C=O) groups is 1. The molecule has 0 unspecified atom stereocenters. The summed E-state index contributed by atoms with van der Waals surface area (Å²) in [4.78, 5) is 11.8. The lowest BCUT2D eigenvalue weighted by atomic mass is 10.3. The van der Waals surface area contributed by atoms with Crippen molar-refractivity contribution in [2.45, 2.75) is 0 Å². The van der Waals surface area contributed by atoms with Gasteiger partial charge in [-0.3, -0.25) is 4.79 Å². The van der Waals surface area contributed by atoms with E-state index in [9.17, 15) is 9.18 Å². The Labute approximate surface area is 140 Å². The summed E-state index contributed by atoms with van der Waals surface area (Å²) < 4.78 is 23.7. The fourth-order valence-electron chi connectivity index (χ4n) is 1.68. The summed E-state index contributed by atoms with van der Waals surface area (Å²) in [5.41, 5.74) is 0.526. The molecular formula is C15H12BrClFNO3. The maximum Gasteiger partial charge on any atom is 0.262 e. The molecule has 1 amide bonds. The zero-order chi connectivity index (χ0) is 16.1. The van der Waals surface area contributed by atoms with Crippen molar-refractivity contribution in [3.05, 3.63) is 51.7 Å². The summed E-state index contributed by atoms with van der Waals surface area (Å²) in [5.74, 6) is 0.143. The topological polar surface area (TPSA) is 47.6 Å². The van der Waals surface area contributed by atoms with Crippen molar-refractivity contribution in [3.8, 4) is 11.5 Å². The van der Waals surface area contributed by atoms with Crippen molar-refractivity contribution in [3.63, 3.8) is 0 Å². The molecule has 1 N–H and O–H groups in total. The molecule has 0 saturated carbocycles. The van der Waals surface area contributed by atoms with E-state index in [1.807, 2.05) is 0 Å². The summed E-state index contributed by atoms with van der Waals surface area (Å²) in [6.45, 7) is -0.214. The van der Waals surface area contributed by atoms with E-state index < -0.39 is 5.82 Å². The number of methoxy groups -OCH3 is 1. The van der Waals surface area contributed by atoms with Gasteiger partial charge < -0.3 is 14.8 Å². The van der Waals surface area contributed by atoms with Crippen LogP contribution < -0.4 is 14.8 Å². The molecule has 0 saturated heterocycles. The Bertz CT molecular complexity index is 696. The van der Waals surface area contributed by atoms with Gasteiger partial charge in [-0.05, 0) is 52.3 Å². The van der Waals surface area contributed by atoms with Gasteiger partial charge in [0.2, 0.25) is 0 Å². The molecule has 0 bridgehead atoms. The number of benzene rings is 2. The number of nitrogens with one attached hydrogen (secondary N) is 1. The van der Waals surface area contributed by atoms with Gasteiger partial charge in [-0.1, -0.05) is 11.6 Å². The fourth-order valence-corrected chi connectivity index (χ4v) is 2.40. The van der Waals surface area contributed by atoms with Gasteiger partial charge in [0.25, 0.3) is 5.91 Å². The largest absolute Gasteiger partial charge is 0.495 e. The molecule has 2 aromatic rings. The van der Waals surface area contributed by atoms with E-state index in [2.05, 4.69) is 21.2 Å². The molecule has 0 heterocycles. The van der Waals surface area contributed by atoms with Gasteiger partial charge >= 0.3 is 0 Å². The Morgan fingerprint density at radius 1 is 1.27 bits per heavy atom. The minimum absolute atomic E-state index is 0.214. The van der Waals surface area contributed by atoms with Gasteiger partial charge in [0.1, 0.15) is 17.3 Å². The number of hydrogen-bond donors (Lipinski definition) is 1. The van der Waals surface area contributed by atoms with Gasteiger partial charge in [0.05, 0.1) is 16.6 Å². The predicted molar refractivity (Wildman–Crippen MR) is 86.2 cm³/mol. The van der Waals surface area contributed by atoms with E-state index in [4.69, 9.17) is 21.1 Å². The van der Waals surface area contributed by atoms with E-state index in [1.165, 1.54) is 25.3 Å². The third-order valence-corrected chi connectivity index (χ3v) is 3.60. The molecule has 116 valence electrons. The molecule has 0 fully saturated rings. The zero-order valence-corrected chi connectivity index (χ0v) is 13.9. The second-order valence-corrected chi connectivity index (χ2v) is 5.52. The summed E-state index contributed by atoms with van der Waals surface area (Å²) in [7, 11) is 1.51. The summed E-state index contributed by atoms with van der Waals surface area (Å²) in [5, 5.41) is 3.03. The molecule has 0 atom stereocenters. The van der Waals surface area contributed by atoms with Crippen LogP contribution in [0.3, 0.4) is 0 Å². The Balaban J connectivity index is 1.94. The van der Waals surface area contributed by atoms with E-state index in [1.54, 1.807) is 18.2 Å². The third kappa shape index (κ3) is 4.35. The summed E-state index contributed by atoms with van der Waals surface area (Å²) in [6, 6.07) is 8.84. The number of halogens is 3. The molecule has 7 heteroatoms. The molecule has 2 rings (SSSR count). The van der Waals surface area contributed by atoms with Crippen LogP contribution in [0.2, 0.25) is 5.02 Å². The maximum absolute atomic E-state index is 12.9. The maximum atomic E-state index is 12.9. The van der Waals surface area contributed by atoms with Crippen LogP contribution in [-0.2, 0) is 4.79 Å². The minimum Gasteiger partial charge on any atom is -0.495 e. The van der Waals surface area contributed by atoms with Crippen LogP contribution in [0.25, 0.3) is 0 Å². The molecule has 22 heavy (non-hydrogen) atoms. The van der Waals surface area contributed by atoms with Crippen molar-refractivity contribution in [1.82, 2.24) is 0 Å². The normalized spacial score (nSPS) is 10.2. The van der Waals surface area contributed by atoms with Crippen LogP contribution in [-0.4, -0.2) is 19.6 Å². The number of amides is 1. The van der Waals surface area contributed by atoms with E-state index in [0.717, 1.165) is 0 Å². The van der Waals surface area contributed by atoms with Gasteiger partial charge in [0.15, 0.2) is 6.61 Å². The lowest BCUT2D eigenvalue weighted by molar-refractivity contribution is -0.118. The predicted octanol–water partition coefficient (Wildman–Crippen LogP) is 4.27. The highest BCUT2D eigenvalue weighted by atomic mass is 79.9. The van der Waals surface area contributed by atoms with Crippen LogP contribution >= 0.6 is 27.5 Å². The van der Waals surface area contributed by atoms with E-state index in [0.29, 0.717) is 26.7 Å². The van der Waals surface area contributed by atoms with Crippen LogP contribution in [0.1, 0.15) is 0 Å². The van der Waals surface area contributed by atoms with Crippen molar-refractivity contribution in [1.29, 1.82) is 0 Å². The van der Waals surface area contributed by atoms with Crippen molar-refractivity contribution in [2.24, 2.45) is 0 Å². The average Bonchev–Trinajstić information content (AvgIpc) is 2.46. The fraction of sp³-hybridized carbons (Fsp3) is 0.133. The highest BCUT2D eigenvalue weighted by Gasteiger charge is 2.08. The van der Waals surface area contributed by atoms with Gasteiger partial charge in [0, 0.05) is 5.69 Å². The highest BCUT2D eigenvalue weighted by Crippen LogP contribution is 2.27. The SMILES string of the molecule is COc1ccc(NC(=O)COc2ccc(F)cc2Br)cc1Cl. The smallest absolute Gasteiger partial charge is 0.262 e. The first-order valence-corrected chi connectivity index (χ1v) is 7.38. The number of rotatable bonds is 5. The number of carbonyl (C=O) groups excluding carboxylic acids is 1. The van der Waals surface area contributed by atoms with Crippen LogP contribution in [0.15, 0.2) is 40.9 Å². The second-order valence-electron chi connectivity index (χ2n) is 4.26. The molecule has 0 aliphatic carbocycles. The highest BCUT2D eigenvalue weighted by molar-refractivity contribution is 9.10. The molecule has 0 radical (unpaired) electrons. The van der Waals surface area contributed by atoms with Crippen molar-refractivity contribution in [2.75, 3.05) is 19.0 Å². The summed E-state index contributed by atoms with van der Waals surface area (Å²) in [6.07, 6.45) is 0. The Morgan fingerprint density at radius 3 is 2.64 bits per heavy atom. The lowest BCUT2D eigenvalue weighted by Crippen LogP contribution is -2.20. The lowest BCUT2D eigenvalue weighted by Gasteiger charge is -2.10. The first kappa shape index (κ1) is 16.6. The zero-order valence-electron chi connectivity index (χ0n) is 11.5. The second kappa shape index (κ2) is 7.47. The molecule has 0 aliphatic heterocycles. The van der Waals surface area contributed by atoms with E-state index >= 15 is 0 Å². The number of hydrogen-bond acceptors (Lipinski definition) is 3. The molecule has 2 aromatic carbocycles. The Kier molecular flexibility index (Phi) is 5.63. The first-order valence-electron chi connectivity index (χ1n) is 6.21. The van der Waals surface area contributed by atoms with Crippen LogP contribution in [0.4, 0.5) is 10.1 Å². The molecule has 0 aromatic heterocycles. The standard InChI is InChI=1S/C15H12BrClFNO3/c1-21-14-5-3-10(7-12(14)17)19-15(20)8-22-13-4-2-9(18)6-11(13)16/h2-7H,8H2,1H3,(H,19,20). The van der Waals surface area contributed by atoms with Gasteiger partial charge in [-0.15, -0.1) is 0 Å². The van der Waals surface area contributed by atoms with Gasteiger partial charge in [-0.2, -0.15) is 0 Å². The van der Waals surface area contributed by atoms with Crippen LogP contribution in [0.5, 0.6) is 11.5 Å². The number of ether oxygens (including phenoxy) is 2. The van der Waals surface area contributed by atoms with Gasteiger partial charge in [-0.25, -0.2) is 4.39 Å². The average molecular weight is 389 g/mol. The Hall–Kier alpha value is -1.79. The third-order valence-electron chi connectivity index (χ3n) is 2.69. The monoisotopic (exact) mass is 387 g/mol. The summed E-state index contributed by atoms with van der Waals surface area (Å²) >= 11 is 9.13.